The van der Waals surface area contributed by atoms with Gasteiger partial charge >= 0.3 is 0 Å². The molecule has 0 spiro atoms. The zero-order chi connectivity index (χ0) is 14.7. The topological polar surface area (TPSA) is 47.3 Å². The maximum atomic E-state index is 5.88. The van der Waals surface area contributed by atoms with E-state index in [1.165, 1.54) is 0 Å². The van der Waals surface area contributed by atoms with Crippen LogP contribution in [0.5, 0.6) is 5.75 Å². The first-order chi connectivity index (χ1) is 9.52. The number of nitrogens with one attached hydrogen (secondary N) is 1. The Morgan fingerprint density at radius 2 is 1.90 bits per heavy atom. The molecule has 0 aliphatic heterocycles. The normalized spacial score (nSPS) is 12.7. The molecule has 3 nitrogen and oxygen atoms in total. The molecule has 0 saturated carbocycles. The number of para-hydroxylation sites is 1. The standard InChI is InChI=1S/C14H16Br2N2OS/c1-8(2)19-11-6-4-3-5-9(11)13(18-17)10-7-12(15)20-14(10)16/h3-8,13,18H,17H2,1-2H3. The lowest BCUT2D eigenvalue weighted by molar-refractivity contribution is 0.238. The van der Waals surface area contributed by atoms with Crippen LogP contribution in [0.4, 0.5) is 0 Å². The number of hydrazine groups is 1. The van der Waals surface area contributed by atoms with Crippen molar-refractivity contribution >= 4 is 43.2 Å². The monoisotopic (exact) mass is 418 g/mol. The summed E-state index contributed by atoms with van der Waals surface area (Å²) in [7, 11) is 0. The Bertz CT molecular complexity index is 586. The minimum absolute atomic E-state index is 0.118. The van der Waals surface area contributed by atoms with Crippen LogP contribution in [0.15, 0.2) is 37.9 Å². The fourth-order valence-electron chi connectivity index (χ4n) is 1.98. The summed E-state index contributed by atoms with van der Waals surface area (Å²) in [4.78, 5) is 0. The lowest BCUT2D eigenvalue weighted by atomic mass is 10.0. The summed E-state index contributed by atoms with van der Waals surface area (Å²) >= 11 is 8.71. The summed E-state index contributed by atoms with van der Waals surface area (Å²) < 4.78 is 7.98. The van der Waals surface area contributed by atoms with E-state index in [1.54, 1.807) is 11.3 Å². The summed E-state index contributed by atoms with van der Waals surface area (Å²) in [6.45, 7) is 4.03. The van der Waals surface area contributed by atoms with Crippen molar-refractivity contribution in [3.05, 3.63) is 49.0 Å². The Balaban J connectivity index is 2.44. The number of rotatable bonds is 5. The van der Waals surface area contributed by atoms with E-state index in [9.17, 15) is 0 Å². The van der Waals surface area contributed by atoms with Gasteiger partial charge in [0, 0.05) is 11.1 Å². The van der Waals surface area contributed by atoms with Crippen molar-refractivity contribution in [2.24, 2.45) is 5.84 Å². The van der Waals surface area contributed by atoms with Gasteiger partial charge in [-0.25, -0.2) is 5.43 Å². The highest BCUT2D eigenvalue weighted by atomic mass is 79.9. The van der Waals surface area contributed by atoms with Crippen LogP contribution in [0.3, 0.4) is 0 Å². The fourth-order valence-corrected chi connectivity index (χ4v) is 4.88. The fraction of sp³-hybridized carbons (Fsp3) is 0.286. The van der Waals surface area contributed by atoms with Crippen LogP contribution in [0.2, 0.25) is 0 Å². The van der Waals surface area contributed by atoms with Crippen LogP contribution in [0, 0.1) is 0 Å². The Morgan fingerprint density at radius 3 is 2.45 bits per heavy atom. The molecular weight excluding hydrogens is 404 g/mol. The van der Waals surface area contributed by atoms with E-state index in [1.807, 2.05) is 38.1 Å². The van der Waals surface area contributed by atoms with E-state index in [0.29, 0.717) is 0 Å². The molecule has 0 saturated heterocycles. The molecule has 1 heterocycles. The molecule has 0 amide bonds. The highest BCUT2D eigenvalue weighted by Gasteiger charge is 2.21. The van der Waals surface area contributed by atoms with Crippen LogP contribution in [0.25, 0.3) is 0 Å². The second kappa shape index (κ2) is 7.04. The quantitative estimate of drug-likeness (QED) is 0.549. The highest BCUT2D eigenvalue weighted by Crippen LogP contribution is 2.39. The van der Waals surface area contributed by atoms with Crippen molar-refractivity contribution in [2.45, 2.75) is 26.0 Å². The molecule has 3 N–H and O–H groups in total. The summed E-state index contributed by atoms with van der Waals surface area (Å²) in [5.74, 6) is 6.62. The van der Waals surface area contributed by atoms with Crippen molar-refractivity contribution in [2.75, 3.05) is 0 Å². The lowest BCUT2D eigenvalue weighted by Crippen LogP contribution is -2.29. The molecule has 2 aromatic rings. The number of thiophene rings is 1. The molecule has 1 unspecified atom stereocenters. The second-order valence-corrected chi connectivity index (χ2v) is 8.33. The molecule has 0 fully saturated rings. The third-order valence-electron chi connectivity index (χ3n) is 2.75. The molecule has 1 aromatic carbocycles. The first-order valence-electron chi connectivity index (χ1n) is 6.19. The average molecular weight is 420 g/mol. The molecule has 108 valence electrons. The van der Waals surface area contributed by atoms with Gasteiger partial charge in [-0.05, 0) is 57.8 Å². The van der Waals surface area contributed by atoms with E-state index in [-0.39, 0.29) is 12.1 Å². The largest absolute Gasteiger partial charge is 0.491 e. The van der Waals surface area contributed by atoms with E-state index in [0.717, 1.165) is 24.4 Å². The molecule has 0 bridgehead atoms. The van der Waals surface area contributed by atoms with Gasteiger partial charge in [-0.3, -0.25) is 5.84 Å². The van der Waals surface area contributed by atoms with Gasteiger partial charge in [0.2, 0.25) is 0 Å². The molecule has 0 aliphatic rings. The zero-order valence-electron chi connectivity index (χ0n) is 11.2. The Kier molecular flexibility index (Phi) is 5.63. The van der Waals surface area contributed by atoms with Crippen molar-refractivity contribution in [1.82, 2.24) is 5.43 Å². The third-order valence-corrected chi connectivity index (χ3v) is 5.14. The first-order valence-corrected chi connectivity index (χ1v) is 8.59. The van der Waals surface area contributed by atoms with Gasteiger partial charge in [0.05, 0.1) is 19.7 Å². The van der Waals surface area contributed by atoms with Gasteiger partial charge in [0.1, 0.15) is 5.75 Å². The average Bonchev–Trinajstić information content (AvgIpc) is 2.71. The van der Waals surface area contributed by atoms with E-state index in [4.69, 9.17) is 10.6 Å². The first kappa shape index (κ1) is 16.0. The van der Waals surface area contributed by atoms with Crippen molar-refractivity contribution in [1.29, 1.82) is 0 Å². The van der Waals surface area contributed by atoms with E-state index >= 15 is 0 Å². The molecule has 2 rings (SSSR count). The maximum absolute atomic E-state index is 5.88. The molecule has 0 aliphatic carbocycles. The second-order valence-electron chi connectivity index (χ2n) is 4.58. The van der Waals surface area contributed by atoms with Crippen molar-refractivity contribution in [3.8, 4) is 5.75 Å². The Hall–Kier alpha value is -0.400. The van der Waals surface area contributed by atoms with Gasteiger partial charge in [0.25, 0.3) is 0 Å². The SMILES string of the molecule is CC(C)Oc1ccccc1C(NN)c1cc(Br)sc1Br. The number of benzene rings is 1. The highest BCUT2D eigenvalue weighted by molar-refractivity contribution is 9.12. The van der Waals surface area contributed by atoms with Crippen molar-refractivity contribution < 1.29 is 4.74 Å². The van der Waals surface area contributed by atoms with Gasteiger partial charge in [-0.2, -0.15) is 0 Å². The van der Waals surface area contributed by atoms with E-state index in [2.05, 4.69) is 43.4 Å². The Labute approximate surface area is 139 Å². The molecule has 1 aromatic heterocycles. The summed E-state index contributed by atoms with van der Waals surface area (Å²) in [6.07, 6.45) is 0.118. The molecule has 20 heavy (non-hydrogen) atoms. The van der Waals surface area contributed by atoms with Gasteiger partial charge in [-0.15, -0.1) is 11.3 Å². The third kappa shape index (κ3) is 3.62. The number of hydrogen-bond donors (Lipinski definition) is 2. The van der Waals surface area contributed by atoms with Gasteiger partial charge in [-0.1, -0.05) is 18.2 Å². The number of hydrogen-bond acceptors (Lipinski definition) is 4. The predicted molar refractivity (Wildman–Crippen MR) is 91.1 cm³/mol. The van der Waals surface area contributed by atoms with Crippen LogP contribution >= 0.6 is 43.2 Å². The summed E-state index contributed by atoms with van der Waals surface area (Å²) in [6, 6.07) is 9.89. The van der Waals surface area contributed by atoms with E-state index < -0.39 is 0 Å². The predicted octanol–water partition coefficient (Wildman–Crippen LogP) is 4.61. The van der Waals surface area contributed by atoms with Gasteiger partial charge in [0.15, 0.2) is 0 Å². The number of halogens is 2. The minimum Gasteiger partial charge on any atom is -0.491 e. The van der Waals surface area contributed by atoms with Crippen LogP contribution in [-0.4, -0.2) is 6.10 Å². The van der Waals surface area contributed by atoms with Gasteiger partial charge < -0.3 is 4.74 Å². The zero-order valence-corrected chi connectivity index (χ0v) is 15.2. The van der Waals surface area contributed by atoms with Crippen LogP contribution < -0.4 is 16.0 Å². The summed E-state index contributed by atoms with van der Waals surface area (Å²) in [5, 5.41) is 0. The molecule has 6 heteroatoms. The maximum Gasteiger partial charge on any atom is 0.124 e. The molecule has 0 radical (unpaired) electrons. The summed E-state index contributed by atoms with van der Waals surface area (Å²) in [5.41, 5.74) is 4.99. The van der Waals surface area contributed by atoms with Crippen molar-refractivity contribution in [3.63, 3.8) is 0 Å². The minimum atomic E-state index is -0.123. The lowest BCUT2D eigenvalue weighted by Gasteiger charge is -2.21. The molecular formula is C14H16Br2N2OS. The number of nitrogens with two attached hydrogens (primary N) is 1. The molecule has 1 atom stereocenters. The van der Waals surface area contributed by atoms with Crippen LogP contribution in [-0.2, 0) is 0 Å². The van der Waals surface area contributed by atoms with Crippen LogP contribution in [0.1, 0.15) is 31.0 Å². The number of ether oxygens (including phenoxy) is 1. The smallest absolute Gasteiger partial charge is 0.124 e. The Morgan fingerprint density at radius 1 is 1.20 bits per heavy atom.